The number of hydrogen-bond donors (Lipinski definition) is 0. The van der Waals surface area contributed by atoms with E-state index in [9.17, 15) is 0 Å². The third kappa shape index (κ3) is 13.6. The van der Waals surface area contributed by atoms with Gasteiger partial charge in [-0.15, -0.1) is 0 Å². The first kappa shape index (κ1) is 77.1. The summed E-state index contributed by atoms with van der Waals surface area (Å²) in [4.78, 5) is 0. The number of halogens is 1. The van der Waals surface area contributed by atoms with Crippen LogP contribution in [0.2, 0.25) is 0 Å². The van der Waals surface area contributed by atoms with Crippen molar-refractivity contribution in [3.05, 3.63) is 242 Å². The van der Waals surface area contributed by atoms with Crippen molar-refractivity contribution in [1.29, 1.82) is 0 Å². The standard InChI is InChI=1S/C107H126BBr/c1-65(2)39-47-104(48-40-66(3)4)89-25-21-19-23-81(89)83-33-27-73(55-91(83)104)75-29-35-85-87-37-31-77(59-95(87)106(93(85)57-75,51-43-69(9)10)52-44-70(11)12)79-61-97-101(99(108)63-79)102-98(103(97,17)18)62-80(64-100(102)109)78-32-38-88-86-36-30-76(58-94(86)107(96(88)60-78,53-45-71(13)14)54-46-72(15)16)74-28-34-84-82-24-20-22-26-90(82)105(92(84)56-74,49-41-67(5)6)50-42-68(7)8/h19-38,55-72H,39-54,108H2,1-18H3. The molecule has 0 heterocycles. The molecule has 2 heteroatoms. The fraction of sp³-hybridized carbons (Fsp3) is 0.439. The van der Waals surface area contributed by atoms with Crippen molar-refractivity contribution in [3.63, 3.8) is 0 Å². The molecule has 0 saturated heterocycles. The van der Waals surface area contributed by atoms with Gasteiger partial charge in [0.2, 0.25) is 0 Å². The molecule has 5 aliphatic carbocycles. The monoisotopic (exact) mass is 1500 g/mol. The summed E-state index contributed by atoms with van der Waals surface area (Å²) in [6, 6.07) is 75.0. The van der Waals surface area contributed by atoms with E-state index in [1.165, 1.54) is 209 Å². The van der Waals surface area contributed by atoms with E-state index < -0.39 is 0 Å². The van der Waals surface area contributed by atoms with Gasteiger partial charge >= 0.3 is 0 Å². The maximum absolute atomic E-state index is 4.37. The lowest BCUT2D eigenvalue weighted by molar-refractivity contribution is 0.364. The van der Waals surface area contributed by atoms with Gasteiger partial charge in [0, 0.05) is 31.5 Å². The fourth-order valence-corrected chi connectivity index (χ4v) is 22.0. The second kappa shape index (κ2) is 30.0. The molecule has 564 valence electrons. The van der Waals surface area contributed by atoms with Gasteiger partial charge in [0.25, 0.3) is 0 Å². The van der Waals surface area contributed by atoms with Crippen LogP contribution in [0.5, 0.6) is 0 Å². The molecule has 0 bridgehead atoms. The van der Waals surface area contributed by atoms with Crippen LogP contribution in [0, 0.1) is 47.3 Å². The Balaban J connectivity index is 0.789. The molecule has 0 spiro atoms. The van der Waals surface area contributed by atoms with Crippen LogP contribution in [-0.4, -0.2) is 7.85 Å². The Morgan fingerprint density at radius 2 is 0.450 bits per heavy atom. The van der Waals surface area contributed by atoms with Crippen molar-refractivity contribution in [2.24, 2.45) is 47.3 Å². The van der Waals surface area contributed by atoms with E-state index >= 15 is 0 Å². The normalized spacial score (nSPS) is 15.8. The summed E-state index contributed by atoms with van der Waals surface area (Å²) in [5.41, 5.74) is 41.0. The highest BCUT2D eigenvalue weighted by Crippen LogP contribution is 2.62. The number of hydrogen-bond acceptors (Lipinski definition) is 0. The van der Waals surface area contributed by atoms with Crippen molar-refractivity contribution in [3.8, 4) is 100 Å². The van der Waals surface area contributed by atoms with Crippen molar-refractivity contribution in [2.75, 3.05) is 0 Å². The van der Waals surface area contributed by atoms with E-state index in [1.54, 1.807) is 33.4 Å². The minimum atomic E-state index is -0.251. The summed E-state index contributed by atoms with van der Waals surface area (Å²) < 4.78 is 1.19. The summed E-state index contributed by atoms with van der Waals surface area (Å²) in [5.74, 6) is 4.95. The predicted molar refractivity (Wildman–Crippen MR) is 479 cm³/mol. The summed E-state index contributed by atoms with van der Waals surface area (Å²) in [6.45, 7) is 43.8. The molecule has 109 heavy (non-hydrogen) atoms. The lowest BCUT2D eigenvalue weighted by Gasteiger charge is -2.35. The molecule has 0 N–H and O–H groups in total. The third-order valence-electron chi connectivity index (χ3n) is 27.8. The first-order valence-corrected chi connectivity index (χ1v) is 44.0. The van der Waals surface area contributed by atoms with Crippen LogP contribution in [0.25, 0.3) is 100 Å². The van der Waals surface area contributed by atoms with Gasteiger partial charge < -0.3 is 0 Å². The van der Waals surface area contributed by atoms with Crippen LogP contribution in [0.4, 0.5) is 0 Å². The highest BCUT2D eigenvalue weighted by molar-refractivity contribution is 9.10. The minimum Gasteiger partial charge on any atom is -0.0803 e. The highest BCUT2D eigenvalue weighted by Gasteiger charge is 2.49. The molecule has 0 nitrogen and oxygen atoms in total. The Morgan fingerprint density at radius 1 is 0.239 bits per heavy atom. The highest BCUT2D eigenvalue weighted by atomic mass is 79.9. The van der Waals surface area contributed by atoms with Gasteiger partial charge in [0.05, 0.1) is 0 Å². The van der Waals surface area contributed by atoms with Crippen molar-refractivity contribution < 1.29 is 0 Å². The number of benzene rings is 10. The molecular weight excluding hydrogens is 1380 g/mol. The molecule has 0 fully saturated rings. The van der Waals surface area contributed by atoms with Crippen LogP contribution in [0.3, 0.4) is 0 Å². The van der Waals surface area contributed by atoms with Gasteiger partial charge in [-0.05, 0) is 360 Å². The average molecular weight is 1500 g/mol. The van der Waals surface area contributed by atoms with Crippen LogP contribution in [0.15, 0.2) is 186 Å². The summed E-state index contributed by atoms with van der Waals surface area (Å²) >= 11 is 4.37. The molecule has 10 aromatic rings. The van der Waals surface area contributed by atoms with Gasteiger partial charge in [-0.3, -0.25) is 0 Å². The number of fused-ring (bicyclic) bond motifs is 15. The Hall–Kier alpha value is -7.26. The summed E-state index contributed by atoms with van der Waals surface area (Å²) in [5, 5.41) is 0. The minimum absolute atomic E-state index is 0.0106. The average Bonchev–Trinajstić information content (AvgIpc) is 1.48. The summed E-state index contributed by atoms with van der Waals surface area (Å²) in [7, 11) is 2.39. The molecule has 0 atom stereocenters. The number of rotatable bonds is 28. The zero-order chi connectivity index (χ0) is 77.0. The maximum Gasteiger partial charge on any atom is 0.140 e. The van der Waals surface area contributed by atoms with Gasteiger partial charge in [0.15, 0.2) is 0 Å². The van der Waals surface area contributed by atoms with Gasteiger partial charge in [0.1, 0.15) is 7.85 Å². The second-order valence-corrected chi connectivity index (χ2v) is 40.0. The quantitative estimate of drug-likeness (QED) is 0.0429. The van der Waals surface area contributed by atoms with Crippen molar-refractivity contribution >= 4 is 29.2 Å². The second-order valence-electron chi connectivity index (χ2n) is 39.2. The molecule has 0 unspecified atom stereocenters. The SMILES string of the molecule is Bc1cc(-c2ccc3c(c2)C(CCC(C)C)(CCC(C)C)c2cc(-c4ccc5c(c4)C(CCC(C)C)(CCC(C)C)c4ccccc4-5)ccc2-3)cc2c1-c1c(Br)cc(-c3ccc4c(c3)C(CCC(C)C)(CCC(C)C)c3cc(-c5ccc6c(c5)C(CCC(C)C)(CCC(C)C)c5ccccc5-6)ccc3-4)cc1C2(C)C. The van der Waals surface area contributed by atoms with Crippen LogP contribution >= 0.6 is 15.9 Å². The predicted octanol–water partition coefficient (Wildman–Crippen LogP) is 30.2. The molecule has 10 aromatic carbocycles. The zero-order valence-corrected chi connectivity index (χ0v) is 71.7. The molecular formula is C107H126BBr. The summed E-state index contributed by atoms with van der Waals surface area (Å²) in [6.07, 6.45) is 18.9. The van der Waals surface area contributed by atoms with Crippen LogP contribution < -0.4 is 5.46 Å². The van der Waals surface area contributed by atoms with E-state index in [2.05, 4.69) is 330 Å². The Morgan fingerprint density at radius 3 is 0.716 bits per heavy atom. The lowest BCUT2D eigenvalue weighted by atomic mass is 9.68. The molecule has 5 aliphatic rings. The van der Waals surface area contributed by atoms with Crippen LogP contribution in [-0.2, 0) is 27.1 Å². The Bertz CT molecular complexity index is 4720. The molecule has 0 aliphatic heterocycles. The Labute approximate surface area is 668 Å². The fourth-order valence-electron chi connectivity index (χ4n) is 21.4. The first-order valence-electron chi connectivity index (χ1n) is 43.2. The van der Waals surface area contributed by atoms with Crippen LogP contribution in [0.1, 0.15) is 283 Å². The Kier molecular flexibility index (Phi) is 21.2. The van der Waals surface area contributed by atoms with E-state index in [1.807, 2.05) is 0 Å². The van der Waals surface area contributed by atoms with Gasteiger partial charge in [-0.1, -0.05) is 273 Å². The lowest BCUT2D eigenvalue weighted by Crippen LogP contribution is -2.27. The topological polar surface area (TPSA) is 0 Å². The van der Waals surface area contributed by atoms with E-state index in [0.717, 1.165) is 25.7 Å². The molecule has 15 rings (SSSR count). The molecule has 0 aromatic heterocycles. The molecule has 0 radical (unpaired) electrons. The molecule has 0 amide bonds. The smallest absolute Gasteiger partial charge is 0.0803 e. The first-order chi connectivity index (χ1) is 52.1. The maximum atomic E-state index is 4.37. The molecule has 0 saturated carbocycles. The largest absolute Gasteiger partial charge is 0.140 e. The van der Waals surface area contributed by atoms with E-state index in [-0.39, 0.29) is 27.1 Å². The van der Waals surface area contributed by atoms with E-state index in [4.69, 9.17) is 0 Å². The third-order valence-corrected chi connectivity index (χ3v) is 28.4. The van der Waals surface area contributed by atoms with Gasteiger partial charge in [-0.2, -0.15) is 0 Å². The van der Waals surface area contributed by atoms with Crippen molar-refractivity contribution in [1.82, 2.24) is 0 Å². The van der Waals surface area contributed by atoms with E-state index in [0.29, 0.717) is 47.3 Å². The zero-order valence-electron chi connectivity index (χ0n) is 70.1. The van der Waals surface area contributed by atoms with Crippen molar-refractivity contribution in [2.45, 2.75) is 254 Å². The van der Waals surface area contributed by atoms with Gasteiger partial charge in [-0.25, -0.2) is 0 Å².